The predicted molar refractivity (Wildman–Crippen MR) is 163 cm³/mol. The molecule has 0 radical (unpaired) electrons. The molecule has 0 saturated carbocycles. The number of hydrogen-bond donors (Lipinski definition) is 2. The second kappa shape index (κ2) is 14.5. The number of aryl methyl sites for hydroxylation is 2. The van der Waals surface area contributed by atoms with Crippen LogP contribution in [0.3, 0.4) is 0 Å². The Morgan fingerprint density at radius 1 is 0.833 bits per heavy atom. The van der Waals surface area contributed by atoms with Crippen LogP contribution in [0, 0.1) is 0 Å². The molecule has 0 unspecified atom stereocenters. The number of nitrogens with one attached hydrogen (secondary N) is 1. The molecule has 0 fully saturated rings. The van der Waals surface area contributed by atoms with Crippen molar-refractivity contribution in [1.82, 2.24) is 14.9 Å². The van der Waals surface area contributed by atoms with Crippen LogP contribution in [0.25, 0.3) is 11.1 Å². The van der Waals surface area contributed by atoms with Gasteiger partial charge in [-0.05, 0) is 47.1 Å². The second-order valence-electron chi connectivity index (χ2n) is 11.0. The molecule has 7 nitrogen and oxygen atoms in total. The molecule has 0 spiro atoms. The van der Waals surface area contributed by atoms with Crippen LogP contribution in [0.15, 0.2) is 91.4 Å². The van der Waals surface area contributed by atoms with Gasteiger partial charge in [-0.25, -0.2) is 14.6 Å². The van der Waals surface area contributed by atoms with Crippen LogP contribution in [-0.2, 0) is 28.9 Å². The number of nitrogens with zero attached hydrogens (tertiary/aromatic N) is 2. The van der Waals surface area contributed by atoms with Gasteiger partial charge in [0.15, 0.2) is 0 Å². The number of unbranched alkanes of at least 4 members (excludes halogenated alkanes) is 5. The molecule has 1 aliphatic carbocycles. The fourth-order valence-corrected chi connectivity index (χ4v) is 5.87. The highest BCUT2D eigenvalue weighted by Crippen LogP contribution is 2.44. The number of aromatic nitrogens is 2. The predicted octanol–water partition coefficient (Wildman–Crippen LogP) is 7.00. The van der Waals surface area contributed by atoms with E-state index in [4.69, 9.17) is 4.74 Å². The van der Waals surface area contributed by atoms with Crippen LogP contribution in [0.5, 0.6) is 0 Å². The maximum absolute atomic E-state index is 12.7. The van der Waals surface area contributed by atoms with Crippen LogP contribution in [0.2, 0.25) is 0 Å². The normalized spacial score (nSPS) is 12.9. The van der Waals surface area contributed by atoms with Crippen molar-refractivity contribution in [1.29, 1.82) is 0 Å². The summed E-state index contributed by atoms with van der Waals surface area (Å²) in [7, 11) is 0. The average molecular weight is 566 g/mol. The first kappa shape index (κ1) is 29.1. The first-order valence-electron chi connectivity index (χ1n) is 15.0. The van der Waals surface area contributed by atoms with Crippen molar-refractivity contribution in [2.75, 3.05) is 6.61 Å². The van der Waals surface area contributed by atoms with Gasteiger partial charge in [0.25, 0.3) is 0 Å². The number of ether oxygens (including phenoxy) is 1. The molecule has 1 aromatic heterocycles. The molecular formula is C35H39N3O4. The smallest absolute Gasteiger partial charge is 0.407 e. The Balaban J connectivity index is 1.05. The molecule has 1 aliphatic rings. The van der Waals surface area contributed by atoms with Crippen molar-refractivity contribution < 1.29 is 19.4 Å². The Bertz CT molecular complexity index is 1420. The third kappa shape index (κ3) is 7.46. The lowest BCUT2D eigenvalue weighted by Gasteiger charge is -2.18. The summed E-state index contributed by atoms with van der Waals surface area (Å²) in [5, 5.41) is 12.4. The van der Waals surface area contributed by atoms with Crippen molar-refractivity contribution in [2.45, 2.75) is 69.9 Å². The van der Waals surface area contributed by atoms with Gasteiger partial charge in [-0.3, -0.25) is 0 Å². The van der Waals surface area contributed by atoms with Gasteiger partial charge in [-0.2, -0.15) is 0 Å². The fraction of sp³-hybridized carbons (Fsp3) is 0.343. The van der Waals surface area contributed by atoms with E-state index in [0.29, 0.717) is 0 Å². The average Bonchev–Trinajstić information content (AvgIpc) is 3.59. The molecule has 4 aromatic rings. The van der Waals surface area contributed by atoms with Crippen LogP contribution in [-0.4, -0.2) is 39.4 Å². The number of aliphatic carboxylic acids is 1. The maximum atomic E-state index is 12.7. The van der Waals surface area contributed by atoms with E-state index in [9.17, 15) is 14.7 Å². The third-order valence-electron chi connectivity index (χ3n) is 8.10. The molecule has 1 atom stereocenters. The minimum atomic E-state index is -1.11. The monoisotopic (exact) mass is 565 g/mol. The lowest BCUT2D eigenvalue weighted by Crippen LogP contribution is -2.43. The number of benzene rings is 3. The van der Waals surface area contributed by atoms with Gasteiger partial charge in [0.05, 0.1) is 6.33 Å². The standard InChI is InChI=1S/C35H39N3O4/c39-34(40)33(37-35(41)42-24-32-30-19-11-9-17-28(30)29-18-10-12-20-31(29)32)22-27-23-36-25-38(27)21-13-4-2-1-3-6-14-26-15-7-5-8-16-26/h5,7-12,15-20,23,25,32-33H,1-4,6,13-14,21-22,24H2,(H,37,41)(H,39,40)/t33-/m0/s1. The topological polar surface area (TPSA) is 93.5 Å². The number of carboxylic acid groups (broad SMARTS) is 1. The number of hydrogen-bond acceptors (Lipinski definition) is 4. The fourth-order valence-electron chi connectivity index (χ4n) is 5.87. The first-order chi connectivity index (χ1) is 20.6. The lowest BCUT2D eigenvalue weighted by molar-refractivity contribution is -0.139. The van der Waals surface area contributed by atoms with Gasteiger partial charge in [0.1, 0.15) is 12.6 Å². The highest BCUT2D eigenvalue weighted by atomic mass is 16.5. The molecule has 0 aliphatic heterocycles. The van der Waals surface area contributed by atoms with E-state index in [1.54, 1.807) is 12.5 Å². The summed E-state index contributed by atoms with van der Waals surface area (Å²) in [4.78, 5) is 29.0. The molecule has 0 bridgehead atoms. The summed E-state index contributed by atoms with van der Waals surface area (Å²) >= 11 is 0. The van der Waals surface area contributed by atoms with E-state index in [0.717, 1.165) is 53.8 Å². The molecular weight excluding hydrogens is 526 g/mol. The summed E-state index contributed by atoms with van der Waals surface area (Å²) in [6.07, 6.45) is 10.9. The van der Waals surface area contributed by atoms with Crippen LogP contribution < -0.4 is 5.32 Å². The van der Waals surface area contributed by atoms with Crippen LogP contribution in [0.4, 0.5) is 4.79 Å². The number of imidazole rings is 1. The molecule has 2 N–H and O–H groups in total. The van der Waals surface area contributed by atoms with Crippen molar-refractivity contribution >= 4 is 12.1 Å². The van der Waals surface area contributed by atoms with Gasteiger partial charge in [-0.1, -0.05) is 105 Å². The van der Waals surface area contributed by atoms with Gasteiger partial charge in [0, 0.05) is 30.8 Å². The van der Waals surface area contributed by atoms with Crippen molar-refractivity contribution in [3.63, 3.8) is 0 Å². The highest BCUT2D eigenvalue weighted by molar-refractivity contribution is 5.81. The molecule has 3 aromatic carbocycles. The van der Waals surface area contributed by atoms with Crippen LogP contribution >= 0.6 is 0 Å². The molecule has 1 heterocycles. The Kier molecular flexibility index (Phi) is 10.0. The first-order valence-corrected chi connectivity index (χ1v) is 15.0. The van der Waals surface area contributed by atoms with Gasteiger partial charge in [0.2, 0.25) is 0 Å². The van der Waals surface area contributed by atoms with E-state index >= 15 is 0 Å². The summed E-state index contributed by atoms with van der Waals surface area (Å²) in [6, 6.07) is 25.7. The molecule has 0 saturated heterocycles. The SMILES string of the molecule is O=C(N[C@@H](Cc1cncn1CCCCCCCCc1ccccc1)C(=O)O)OCC1c2ccccc2-c2ccccc21. The lowest BCUT2D eigenvalue weighted by atomic mass is 9.98. The van der Waals surface area contributed by atoms with Crippen LogP contribution in [0.1, 0.15) is 66.8 Å². The zero-order valence-electron chi connectivity index (χ0n) is 24.0. The van der Waals surface area contributed by atoms with Crippen molar-refractivity contribution in [2.24, 2.45) is 0 Å². The van der Waals surface area contributed by atoms with E-state index in [-0.39, 0.29) is 18.9 Å². The molecule has 1 amide bonds. The van der Waals surface area contributed by atoms with Gasteiger partial charge < -0.3 is 19.7 Å². The Morgan fingerprint density at radius 2 is 1.45 bits per heavy atom. The summed E-state index contributed by atoms with van der Waals surface area (Å²) in [5.74, 6) is -1.19. The Morgan fingerprint density at radius 3 is 2.14 bits per heavy atom. The minimum Gasteiger partial charge on any atom is -0.480 e. The quantitative estimate of drug-likeness (QED) is 0.151. The van der Waals surface area contributed by atoms with E-state index in [2.05, 4.69) is 64.9 Å². The van der Waals surface area contributed by atoms with Gasteiger partial charge in [-0.15, -0.1) is 0 Å². The Hall–Kier alpha value is -4.39. The van der Waals surface area contributed by atoms with Gasteiger partial charge >= 0.3 is 12.1 Å². The zero-order chi connectivity index (χ0) is 29.1. The Labute approximate surface area is 247 Å². The molecule has 5 rings (SSSR count). The minimum absolute atomic E-state index is 0.0864. The maximum Gasteiger partial charge on any atom is 0.407 e. The zero-order valence-corrected chi connectivity index (χ0v) is 24.0. The molecule has 7 heteroatoms. The van der Waals surface area contributed by atoms with E-state index in [1.165, 1.54) is 31.2 Å². The number of carbonyl (C=O) groups excluding carboxylic acids is 1. The highest BCUT2D eigenvalue weighted by Gasteiger charge is 2.30. The second-order valence-corrected chi connectivity index (χ2v) is 11.0. The number of carbonyl (C=O) groups is 2. The van der Waals surface area contributed by atoms with E-state index < -0.39 is 18.1 Å². The third-order valence-corrected chi connectivity index (χ3v) is 8.10. The number of alkyl carbamates (subject to hydrolysis) is 1. The molecule has 42 heavy (non-hydrogen) atoms. The molecule has 218 valence electrons. The number of amides is 1. The van der Waals surface area contributed by atoms with E-state index in [1.807, 2.05) is 28.8 Å². The van der Waals surface area contributed by atoms with Crippen molar-refractivity contribution in [3.05, 3.63) is 114 Å². The number of fused-ring (bicyclic) bond motifs is 3. The summed E-state index contributed by atoms with van der Waals surface area (Å²) in [6.45, 7) is 0.910. The summed E-state index contributed by atoms with van der Waals surface area (Å²) < 4.78 is 7.57. The number of carboxylic acids is 1. The van der Waals surface area contributed by atoms with Crippen molar-refractivity contribution in [3.8, 4) is 11.1 Å². The summed E-state index contributed by atoms with van der Waals surface area (Å²) in [5.41, 5.74) is 6.68. The largest absolute Gasteiger partial charge is 0.480 e. The number of rotatable bonds is 15.